The maximum Gasteiger partial charge on any atom is 0.0541 e. The second-order valence-corrected chi connectivity index (χ2v) is 15.0. The molecular formula is C51H40N2. The Balaban J connectivity index is 1.07. The van der Waals surface area contributed by atoms with Gasteiger partial charge in [0.15, 0.2) is 0 Å². The molecule has 0 saturated heterocycles. The van der Waals surface area contributed by atoms with Crippen LogP contribution in [0.2, 0.25) is 0 Å². The van der Waals surface area contributed by atoms with E-state index in [1.54, 1.807) is 0 Å². The molecule has 2 aliphatic carbocycles. The summed E-state index contributed by atoms with van der Waals surface area (Å²) < 4.78 is 2.38. The first-order valence-electron chi connectivity index (χ1n) is 18.7. The lowest BCUT2D eigenvalue weighted by atomic mass is 9.74. The topological polar surface area (TPSA) is 8.17 Å². The number of hydrogen-bond acceptors (Lipinski definition) is 1. The standard InChI is InChI=1S/C51H40N2/c1-51(2)47-22-11-9-20-43(47)44-30-29-42(34-48(44)51)52(41-19-13-16-37(32-41)35-14-5-3-6-15-35)40-27-24-36(25-28-40)38-26-31-50-46(33-38)45-21-10-12-23-49(45)53(50)39-17-7-4-8-18-39/h3-33,48H,34H2,1-2H3. The molecule has 7 aromatic carbocycles. The van der Waals surface area contributed by atoms with Gasteiger partial charge in [0.25, 0.3) is 0 Å². The number of rotatable bonds is 6. The maximum atomic E-state index is 2.49. The molecule has 0 spiro atoms. The molecule has 53 heavy (non-hydrogen) atoms. The van der Waals surface area contributed by atoms with E-state index in [0.717, 1.165) is 12.1 Å². The Labute approximate surface area is 311 Å². The number of anilines is 2. The van der Waals surface area contributed by atoms with Crippen LogP contribution in [0.5, 0.6) is 0 Å². The van der Waals surface area contributed by atoms with Crippen LogP contribution in [-0.2, 0) is 5.41 Å². The van der Waals surface area contributed by atoms with Crippen molar-refractivity contribution in [2.75, 3.05) is 4.90 Å². The Morgan fingerprint density at radius 3 is 1.98 bits per heavy atom. The van der Waals surface area contributed by atoms with E-state index in [-0.39, 0.29) is 5.41 Å². The van der Waals surface area contributed by atoms with E-state index in [1.807, 2.05) is 0 Å². The van der Waals surface area contributed by atoms with E-state index in [2.05, 4.69) is 211 Å². The van der Waals surface area contributed by atoms with Gasteiger partial charge < -0.3 is 9.47 Å². The number of allylic oxidation sites excluding steroid dienone is 4. The van der Waals surface area contributed by atoms with Crippen molar-refractivity contribution >= 4 is 38.8 Å². The highest BCUT2D eigenvalue weighted by Gasteiger charge is 2.44. The first-order chi connectivity index (χ1) is 26.0. The summed E-state index contributed by atoms with van der Waals surface area (Å²) in [6, 6.07) is 64.2. The SMILES string of the molecule is CC1(C)c2ccccc2C2=CC=C(N(c3ccc(-c4ccc5c(c4)c4ccccc4n5-c4ccccc4)cc3)c3cccc(-c4ccccc4)c3)CC21. The van der Waals surface area contributed by atoms with E-state index in [1.165, 1.54) is 77.8 Å². The summed E-state index contributed by atoms with van der Waals surface area (Å²) in [5.41, 5.74) is 16.5. The zero-order valence-corrected chi connectivity index (χ0v) is 30.1. The van der Waals surface area contributed by atoms with Crippen LogP contribution in [0.3, 0.4) is 0 Å². The van der Waals surface area contributed by atoms with Gasteiger partial charge in [-0.2, -0.15) is 0 Å². The van der Waals surface area contributed by atoms with Gasteiger partial charge >= 0.3 is 0 Å². The molecule has 0 aliphatic heterocycles. The van der Waals surface area contributed by atoms with Crippen LogP contribution in [0.4, 0.5) is 11.4 Å². The van der Waals surface area contributed by atoms with Crippen molar-refractivity contribution in [1.29, 1.82) is 0 Å². The third-order valence-electron chi connectivity index (χ3n) is 11.7. The fraction of sp³-hybridized carbons (Fsp3) is 0.0980. The molecule has 10 rings (SSSR count). The zero-order chi connectivity index (χ0) is 35.5. The molecule has 2 aliphatic rings. The molecule has 1 unspecified atom stereocenters. The minimum absolute atomic E-state index is 0.0473. The summed E-state index contributed by atoms with van der Waals surface area (Å²) in [6.45, 7) is 4.84. The van der Waals surface area contributed by atoms with E-state index in [9.17, 15) is 0 Å². The third kappa shape index (κ3) is 5.17. The monoisotopic (exact) mass is 680 g/mol. The van der Waals surface area contributed by atoms with Crippen molar-refractivity contribution in [3.05, 3.63) is 205 Å². The number of para-hydroxylation sites is 2. The molecule has 1 atom stereocenters. The highest BCUT2D eigenvalue weighted by atomic mass is 15.1. The van der Waals surface area contributed by atoms with Gasteiger partial charge in [-0.3, -0.25) is 0 Å². The summed E-state index contributed by atoms with van der Waals surface area (Å²) in [4.78, 5) is 2.49. The molecule has 0 radical (unpaired) electrons. The number of aromatic nitrogens is 1. The summed E-state index contributed by atoms with van der Waals surface area (Å²) >= 11 is 0. The minimum Gasteiger partial charge on any atom is -0.314 e. The first-order valence-corrected chi connectivity index (χ1v) is 18.7. The van der Waals surface area contributed by atoms with Crippen molar-refractivity contribution in [2.24, 2.45) is 5.92 Å². The fourth-order valence-electron chi connectivity index (χ4n) is 9.01. The average molecular weight is 681 g/mol. The van der Waals surface area contributed by atoms with Crippen molar-refractivity contribution in [2.45, 2.75) is 25.7 Å². The summed E-state index contributed by atoms with van der Waals surface area (Å²) in [6.07, 6.45) is 5.72. The molecule has 254 valence electrons. The Hall–Kier alpha value is -6.38. The quantitative estimate of drug-likeness (QED) is 0.170. The normalized spacial score (nSPS) is 15.8. The van der Waals surface area contributed by atoms with Crippen LogP contribution in [-0.4, -0.2) is 4.57 Å². The summed E-state index contributed by atoms with van der Waals surface area (Å²) in [5.74, 6) is 0.406. The van der Waals surface area contributed by atoms with Gasteiger partial charge in [0.1, 0.15) is 0 Å². The number of benzene rings is 7. The van der Waals surface area contributed by atoms with Crippen LogP contribution >= 0.6 is 0 Å². The second kappa shape index (κ2) is 12.4. The van der Waals surface area contributed by atoms with Gasteiger partial charge in [0.2, 0.25) is 0 Å². The summed E-state index contributed by atoms with van der Waals surface area (Å²) in [7, 11) is 0. The van der Waals surface area contributed by atoms with Crippen LogP contribution in [0.25, 0.3) is 55.3 Å². The Morgan fingerprint density at radius 1 is 0.509 bits per heavy atom. The van der Waals surface area contributed by atoms with Gasteiger partial charge in [0.05, 0.1) is 11.0 Å². The highest BCUT2D eigenvalue weighted by Crippen LogP contribution is 2.54. The smallest absolute Gasteiger partial charge is 0.0541 e. The largest absolute Gasteiger partial charge is 0.314 e. The van der Waals surface area contributed by atoms with E-state index in [0.29, 0.717) is 5.92 Å². The predicted octanol–water partition coefficient (Wildman–Crippen LogP) is 13.5. The minimum atomic E-state index is 0.0473. The maximum absolute atomic E-state index is 2.49. The van der Waals surface area contributed by atoms with Gasteiger partial charge in [-0.25, -0.2) is 0 Å². The van der Waals surface area contributed by atoms with Crippen molar-refractivity contribution in [3.8, 4) is 27.9 Å². The molecule has 1 aromatic heterocycles. The van der Waals surface area contributed by atoms with Crippen LogP contribution in [0.15, 0.2) is 194 Å². The van der Waals surface area contributed by atoms with Gasteiger partial charge in [-0.05, 0) is 117 Å². The molecule has 0 fully saturated rings. The molecular weight excluding hydrogens is 641 g/mol. The third-order valence-corrected chi connectivity index (χ3v) is 11.7. The van der Waals surface area contributed by atoms with Crippen molar-refractivity contribution < 1.29 is 0 Å². The molecule has 0 saturated carbocycles. The van der Waals surface area contributed by atoms with Crippen LogP contribution in [0.1, 0.15) is 31.4 Å². The molecule has 8 aromatic rings. The lowest BCUT2D eigenvalue weighted by Crippen LogP contribution is -2.28. The second-order valence-electron chi connectivity index (χ2n) is 15.0. The van der Waals surface area contributed by atoms with Gasteiger partial charge in [0, 0.05) is 33.5 Å². The number of fused-ring (bicyclic) bond motifs is 6. The zero-order valence-electron chi connectivity index (χ0n) is 30.1. The lowest BCUT2D eigenvalue weighted by Gasteiger charge is -2.36. The Kier molecular flexibility index (Phi) is 7.33. The summed E-state index contributed by atoms with van der Waals surface area (Å²) in [5, 5.41) is 2.53. The van der Waals surface area contributed by atoms with Gasteiger partial charge in [-0.15, -0.1) is 0 Å². The number of nitrogens with zero attached hydrogens (tertiary/aromatic N) is 2. The van der Waals surface area contributed by atoms with Crippen LogP contribution < -0.4 is 4.90 Å². The first kappa shape index (κ1) is 31.4. The van der Waals surface area contributed by atoms with E-state index >= 15 is 0 Å². The Bertz CT molecular complexity index is 2710. The molecule has 2 heteroatoms. The molecule has 0 N–H and O–H groups in total. The van der Waals surface area contributed by atoms with Crippen molar-refractivity contribution in [1.82, 2.24) is 4.57 Å². The molecule has 0 amide bonds. The molecule has 2 nitrogen and oxygen atoms in total. The molecule has 0 bridgehead atoms. The van der Waals surface area contributed by atoms with E-state index < -0.39 is 0 Å². The van der Waals surface area contributed by atoms with E-state index in [4.69, 9.17) is 0 Å². The predicted molar refractivity (Wildman–Crippen MR) is 224 cm³/mol. The van der Waals surface area contributed by atoms with Crippen molar-refractivity contribution in [3.63, 3.8) is 0 Å². The lowest BCUT2D eigenvalue weighted by molar-refractivity contribution is 0.406. The fourth-order valence-corrected chi connectivity index (χ4v) is 9.01. The number of hydrogen-bond donors (Lipinski definition) is 0. The highest BCUT2D eigenvalue weighted by molar-refractivity contribution is 6.10. The van der Waals surface area contributed by atoms with Gasteiger partial charge in [-0.1, -0.05) is 141 Å². The average Bonchev–Trinajstić information content (AvgIpc) is 3.67. The van der Waals surface area contributed by atoms with Crippen LogP contribution in [0, 0.1) is 5.92 Å². The molecule has 1 heterocycles. The Morgan fingerprint density at radius 2 is 1.15 bits per heavy atom.